The minimum Gasteiger partial charge on any atom is -0.372 e. The number of H-pyrrole nitrogens is 1. The number of carbonyl (C=O) groups is 1. The van der Waals surface area contributed by atoms with E-state index in [9.17, 15) is 4.79 Å². The molecule has 2 aromatic rings. The Hall–Kier alpha value is -2.14. The predicted octanol–water partition coefficient (Wildman–Crippen LogP) is 2.64. The number of carbonyl (C=O) groups excluding carboxylic acids is 1. The molecule has 0 radical (unpaired) electrons. The van der Waals surface area contributed by atoms with Gasteiger partial charge < -0.3 is 10.1 Å². The summed E-state index contributed by atoms with van der Waals surface area (Å²) in [5.41, 5.74) is 3.91. The summed E-state index contributed by atoms with van der Waals surface area (Å²) in [4.78, 5) is 12.2. The average molecular weight is 271 g/mol. The Labute approximate surface area is 117 Å². The summed E-state index contributed by atoms with van der Waals surface area (Å²) in [7, 11) is 0. The standard InChI is InChI=1S/C15H17N3O2/c1-2-3-13-7-14(18-17-13)16-15(19)10-4-5-11-8-20-9-12(11)6-10/h4-7H,2-3,8-9H2,1H3,(H2,16,17,18,19). The van der Waals surface area contributed by atoms with Crippen LogP contribution in [0.2, 0.25) is 0 Å². The molecule has 1 amide bonds. The number of anilines is 1. The van der Waals surface area contributed by atoms with Gasteiger partial charge >= 0.3 is 0 Å². The first-order chi connectivity index (χ1) is 9.76. The Bertz CT molecular complexity index is 634. The lowest BCUT2D eigenvalue weighted by Gasteiger charge is -2.03. The summed E-state index contributed by atoms with van der Waals surface area (Å²) in [6.07, 6.45) is 1.97. The number of hydrogen-bond acceptors (Lipinski definition) is 3. The van der Waals surface area contributed by atoms with Crippen molar-refractivity contribution in [3.63, 3.8) is 0 Å². The molecule has 2 heterocycles. The first-order valence-electron chi connectivity index (χ1n) is 6.81. The van der Waals surface area contributed by atoms with Gasteiger partial charge in [0.1, 0.15) is 0 Å². The van der Waals surface area contributed by atoms with Gasteiger partial charge in [0.2, 0.25) is 0 Å². The van der Waals surface area contributed by atoms with E-state index in [0.29, 0.717) is 24.6 Å². The average Bonchev–Trinajstić information content (AvgIpc) is 3.07. The van der Waals surface area contributed by atoms with E-state index in [2.05, 4.69) is 22.4 Å². The molecule has 5 heteroatoms. The molecule has 1 aliphatic rings. The van der Waals surface area contributed by atoms with Crippen molar-refractivity contribution in [1.82, 2.24) is 10.2 Å². The van der Waals surface area contributed by atoms with E-state index in [1.54, 1.807) is 0 Å². The van der Waals surface area contributed by atoms with Gasteiger partial charge in [-0.1, -0.05) is 19.4 Å². The van der Waals surface area contributed by atoms with Crippen molar-refractivity contribution in [3.8, 4) is 0 Å². The Morgan fingerprint density at radius 2 is 2.20 bits per heavy atom. The lowest BCUT2D eigenvalue weighted by Crippen LogP contribution is -2.12. The lowest BCUT2D eigenvalue weighted by atomic mass is 10.1. The van der Waals surface area contributed by atoms with Crippen LogP contribution in [0.1, 0.15) is 40.5 Å². The molecule has 20 heavy (non-hydrogen) atoms. The first-order valence-corrected chi connectivity index (χ1v) is 6.81. The summed E-state index contributed by atoms with van der Waals surface area (Å²) in [6, 6.07) is 7.53. The maximum Gasteiger partial charge on any atom is 0.256 e. The second-order valence-corrected chi connectivity index (χ2v) is 4.96. The van der Waals surface area contributed by atoms with E-state index < -0.39 is 0 Å². The lowest BCUT2D eigenvalue weighted by molar-refractivity contribution is 0.102. The molecule has 1 aliphatic heterocycles. The number of rotatable bonds is 4. The van der Waals surface area contributed by atoms with Crippen LogP contribution in [0.25, 0.3) is 0 Å². The minimum atomic E-state index is -0.144. The molecule has 0 saturated heterocycles. The zero-order valence-electron chi connectivity index (χ0n) is 11.4. The molecule has 3 rings (SSSR count). The molecule has 104 valence electrons. The van der Waals surface area contributed by atoms with Crippen molar-refractivity contribution in [2.75, 3.05) is 5.32 Å². The van der Waals surface area contributed by atoms with Crippen LogP contribution in [0.15, 0.2) is 24.3 Å². The molecule has 0 atom stereocenters. The molecule has 0 saturated carbocycles. The zero-order chi connectivity index (χ0) is 13.9. The van der Waals surface area contributed by atoms with Crippen LogP contribution in [-0.4, -0.2) is 16.1 Å². The van der Waals surface area contributed by atoms with Crippen LogP contribution in [0.4, 0.5) is 5.82 Å². The fourth-order valence-electron chi connectivity index (χ4n) is 2.32. The van der Waals surface area contributed by atoms with Crippen molar-refractivity contribution in [2.24, 2.45) is 0 Å². The molecule has 0 unspecified atom stereocenters. The molecule has 0 spiro atoms. The zero-order valence-corrected chi connectivity index (χ0v) is 11.4. The number of nitrogens with one attached hydrogen (secondary N) is 2. The van der Waals surface area contributed by atoms with E-state index in [1.165, 1.54) is 0 Å². The van der Waals surface area contributed by atoms with E-state index >= 15 is 0 Å². The van der Waals surface area contributed by atoms with Crippen LogP contribution < -0.4 is 5.32 Å². The van der Waals surface area contributed by atoms with Crippen LogP contribution >= 0.6 is 0 Å². The summed E-state index contributed by atoms with van der Waals surface area (Å²) in [5.74, 6) is 0.421. The van der Waals surface area contributed by atoms with Crippen molar-refractivity contribution in [1.29, 1.82) is 0 Å². The molecule has 2 N–H and O–H groups in total. The molecular formula is C15H17N3O2. The number of nitrogens with zero attached hydrogens (tertiary/aromatic N) is 1. The molecular weight excluding hydrogens is 254 g/mol. The minimum absolute atomic E-state index is 0.144. The second kappa shape index (κ2) is 5.46. The largest absolute Gasteiger partial charge is 0.372 e. The van der Waals surface area contributed by atoms with E-state index in [0.717, 1.165) is 29.7 Å². The quantitative estimate of drug-likeness (QED) is 0.898. The number of aromatic nitrogens is 2. The summed E-state index contributed by atoms with van der Waals surface area (Å²) >= 11 is 0. The highest BCUT2D eigenvalue weighted by molar-refractivity contribution is 6.03. The molecule has 0 aliphatic carbocycles. The van der Waals surface area contributed by atoms with Crippen LogP contribution in [0.5, 0.6) is 0 Å². The maximum atomic E-state index is 12.2. The molecule has 1 aromatic heterocycles. The van der Waals surface area contributed by atoms with Gasteiger partial charge in [0, 0.05) is 17.3 Å². The first kappa shape index (κ1) is 12.9. The van der Waals surface area contributed by atoms with Crippen LogP contribution in [0.3, 0.4) is 0 Å². The maximum absolute atomic E-state index is 12.2. The summed E-state index contributed by atoms with van der Waals surface area (Å²) < 4.78 is 5.35. The second-order valence-electron chi connectivity index (χ2n) is 4.96. The van der Waals surface area contributed by atoms with Gasteiger partial charge in [-0.05, 0) is 29.7 Å². The third-order valence-electron chi connectivity index (χ3n) is 3.38. The van der Waals surface area contributed by atoms with Gasteiger partial charge in [-0.25, -0.2) is 0 Å². The topological polar surface area (TPSA) is 67.0 Å². The predicted molar refractivity (Wildman–Crippen MR) is 75.5 cm³/mol. The Morgan fingerprint density at radius 1 is 1.35 bits per heavy atom. The summed E-state index contributed by atoms with van der Waals surface area (Å²) in [5, 5.41) is 9.82. The number of benzene rings is 1. The molecule has 1 aromatic carbocycles. The van der Waals surface area contributed by atoms with Gasteiger partial charge in [0.15, 0.2) is 5.82 Å². The number of ether oxygens (including phenoxy) is 1. The fraction of sp³-hybridized carbons (Fsp3) is 0.333. The van der Waals surface area contributed by atoms with Crippen LogP contribution in [-0.2, 0) is 24.4 Å². The van der Waals surface area contributed by atoms with E-state index in [1.807, 2.05) is 24.3 Å². The van der Waals surface area contributed by atoms with Crippen molar-refractivity contribution >= 4 is 11.7 Å². The number of aromatic amines is 1. The van der Waals surface area contributed by atoms with Crippen molar-refractivity contribution in [3.05, 3.63) is 46.6 Å². The van der Waals surface area contributed by atoms with Gasteiger partial charge in [0.25, 0.3) is 5.91 Å². The fourth-order valence-corrected chi connectivity index (χ4v) is 2.32. The smallest absolute Gasteiger partial charge is 0.256 e. The molecule has 5 nitrogen and oxygen atoms in total. The van der Waals surface area contributed by atoms with Gasteiger partial charge in [-0.2, -0.15) is 5.10 Å². The van der Waals surface area contributed by atoms with Crippen LogP contribution in [0, 0.1) is 0 Å². The number of aryl methyl sites for hydroxylation is 1. The number of hydrogen-bond donors (Lipinski definition) is 2. The van der Waals surface area contributed by atoms with E-state index in [4.69, 9.17) is 4.74 Å². The SMILES string of the molecule is CCCc1cc(NC(=O)c2ccc3c(c2)COC3)n[nH]1. The summed E-state index contributed by atoms with van der Waals surface area (Å²) in [6.45, 7) is 3.32. The molecule has 0 bridgehead atoms. The van der Waals surface area contributed by atoms with Gasteiger partial charge in [0.05, 0.1) is 13.2 Å². The third-order valence-corrected chi connectivity index (χ3v) is 3.38. The Morgan fingerprint density at radius 3 is 3.05 bits per heavy atom. The van der Waals surface area contributed by atoms with Gasteiger partial charge in [-0.15, -0.1) is 0 Å². The van der Waals surface area contributed by atoms with Crippen molar-refractivity contribution < 1.29 is 9.53 Å². The number of fused-ring (bicyclic) bond motifs is 1. The highest BCUT2D eigenvalue weighted by atomic mass is 16.5. The highest BCUT2D eigenvalue weighted by Crippen LogP contribution is 2.21. The van der Waals surface area contributed by atoms with Crippen molar-refractivity contribution in [2.45, 2.75) is 33.0 Å². The van der Waals surface area contributed by atoms with E-state index in [-0.39, 0.29) is 5.91 Å². The highest BCUT2D eigenvalue weighted by Gasteiger charge is 2.15. The Kier molecular flexibility index (Phi) is 3.52. The monoisotopic (exact) mass is 271 g/mol. The Balaban J connectivity index is 1.72. The molecule has 0 fully saturated rings. The number of amides is 1. The normalized spacial score (nSPS) is 13.2. The van der Waals surface area contributed by atoms with Gasteiger partial charge in [-0.3, -0.25) is 9.89 Å². The third kappa shape index (κ3) is 2.58.